The number of nitrogens with one attached hydrogen (secondary N) is 1. The summed E-state index contributed by atoms with van der Waals surface area (Å²) < 4.78 is 14.5. The Morgan fingerprint density at radius 1 is 1.35 bits per heavy atom. The van der Waals surface area contributed by atoms with Crippen LogP contribution in [0.1, 0.15) is 10.4 Å². The third-order valence-electron chi connectivity index (χ3n) is 2.51. The summed E-state index contributed by atoms with van der Waals surface area (Å²) in [5.41, 5.74) is 6.09. The average Bonchev–Trinajstić information content (AvgIpc) is 2.37. The van der Waals surface area contributed by atoms with Crippen LogP contribution in [0.15, 0.2) is 34.8 Å². The molecule has 0 saturated carbocycles. The maximum atomic E-state index is 13.2. The number of amides is 1. The van der Waals surface area contributed by atoms with Gasteiger partial charge in [0.2, 0.25) is 0 Å². The third-order valence-corrected chi connectivity index (χ3v) is 4.15. The second-order valence-corrected chi connectivity index (χ2v) is 6.44. The highest BCUT2D eigenvalue weighted by molar-refractivity contribution is 14.1. The van der Waals surface area contributed by atoms with Gasteiger partial charge in [-0.15, -0.1) is 0 Å². The monoisotopic (exact) mass is 468 g/mol. The van der Waals surface area contributed by atoms with Crippen molar-refractivity contribution in [1.29, 1.82) is 0 Å². The fourth-order valence-corrected chi connectivity index (χ4v) is 2.92. The lowest BCUT2D eigenvalue weighted by atomic mass is 10.1. The van der Waals surface area contributed by atoms with Gasteiger partial charge in [-0.1, -0.05) is 11.6 Å². The van der Waals surface area contributed by atoms with Crippen LogP contribution in [0.2, 0.25) is 5.02 Å². The molecule has 0 spiro atoms. The summed E-state index contributed by atoms with van der Waals surface area (Å²) >= 11 is 11.3. The van der Waals surface area contributed by atoms with E-state index in [0.29, 0.717) is 15.2 Å². The number of halogens is 4. The van der Waals surface area contributed by atoms with E-state index >= 15 is 0 Å². The molecule has 0 fully saturated rings. The van der Waals surface area contributed by atoms with Gasteiger partial charge in [-0.25, -0.2) is 4.39 Å². The van der Waals surface area contributed by atoms with Crippen LogP contribution in [0.5, 0.6) is 0 Å². The zero-order chi connectivity index (χ0) is 14.9. The zero-order valence-corrected chi connectivity index (χ0v) is 14.4. The van der Waals surface area contributed by atoms with Gasteiger partial charge in [-0.3, -0.25) is 4.79 Å². The van der Waals surface area contributed by atoms with Gasteiger partial charge in [-0.2, -0.15) is 0 Å². The van der Waals surface area contributed by atoms with E-state index in [1.807, 2.05) is 6.07 Å². The molecule has 3 N–H and O–H groups in total. The first kappa shape index (κ1) is 15.5. The summed E-state index contributed by atoms with van der Waals surface area (Å²) in [4.78, 5) is 12.2. The number of benzene rings is 2. The van der Waals surface area contributed by atoms with Crippen molar-refractivity contribution in [2.75, 3.05) is 11.1 Å². The molecule has 2 aromatic rings. The largest absolute Gasteiger partial charge is 0.396 e. The minimum absolute atomic E-state index is 0.0907. The van der Waals surface area contributed by atoms with Gasteiger partial charge in [0, 0.05) is 8.04 Å². The maximum absolute atomic E-state index is 13.2. The van der Waals surface area contributed by atoms with Crippen LogP contribution >= 0.6 is 50.1 Å². The van der Waals surface area contributed by atoms with E-state index in [4.69, 9.17) is 17.3 Å². The molecular weight excluding hydrogens is 461 g/mol. The van der Waals surface area contributed by atoms with Crippen LogP contribution in [0, 0.1) is 9.39 Å². The number of carbonyl (C=O) groups excluding carboxylic acids is 1. The minimum atomic E-state index is -0.583. The van der Waals surface area contributed by atoms with Crippen molar-refractivity contribution in [1.82, 2.24) is 0 Å². The van der Waals surface area contributed by atoms with Crippen LogP contribution in [-0.2, 0) is 0 Å². The van der Waals surface area contributed by atoms with E-state index in [1.54, 1.807) is 12.1 Å². The van der Waals surface area contributed by atoms with E-state index in [0.717, 1.165) is 9.64 Å². The SMILES string of the molecule is Nc1cc(C(=O)Nc2ccc(I)cc2Cl)c(Br)cc1F. The Kier molecular flexibility index (Phi) is 4.87. The lowest BCUT2D eigenvalue weighted by Gasteiger charge is -2.10. The first-order valence-corrected chi connectivity index (χ1v) is 7.64. The molecule has 0 saturated heterocycles. The first-order chi connectivity index (χ1) is 9.38. The fraction of sp³-hybridized carbons (Fsp3) is 0. The maximum Gasteiger partial charge on any atom is 0.256 e. The molecule has 0 bridgehead atoms. The number of rotatable bonds is 2. The topological polar surface area (TPSA) is 55.1 Å². The van der Waals surface area contributed by atoms with E-state index in [2.05, 4.69) is 43.8 Å². The standard InChI is InChI=1S/C13H8BrClFIN2O/c14-8-5-10(16)11(18)4-7(8)13(20)19-12-2-1-6(17)3-9(12)15/h1-5H,18H2,(H,19,20). The van der Waals surface area contributed by atoms with Gasteiger partial charge < -0.3 is 11.1 Å². The lowest BCUT2D eigenvalue weighted by Crippen LogP contribution is -2.13. The molecule has 3 nitrogen and oxygen atoms in total. The lowest BCUT2D eigenvalue weighted by molar-refractivity contribution is 0.102. The Morgan fingerprint density at radius 2 is 2.05 bits per heavy atom. The van der Waals surface area contributed by atoms with Crippen molar-refractivity contribution >= 4 is 67.4 Å². The highest BCUT2D eigenvalue weighted by Crippen LogP contribution is 2.27. The summed E-state index contributed by atoms with van der Waals surface area (Å²) in [7, 11) is 0. The van der Waals surface area contributed by atoms with Gasteiger partial charge in [0.15, 0.2) is 0 Å². The number of hydrogen-bond donors (Lipinski definition) is 2. The molecule has 0 heterocycles. The molecule has 2 rings (SSSR count). The number of anilines is 2. The van der Waals surface area contributed by atoms with Gasteiger partial charge in [0.05, 0.1) is 22.0 Å². The molecular formula is C13H8BrClFIN2O. The zero-order valence-electron chi connectivity index (χ0n) is 9.88. The van der Waals surface area contributed by atoms with E-state index in [1.165, 1.54) is 6.07 Å². The Hall–Kier alpha value is -0.860. The number of carbonyl (C=O) groups is 1. The van der Waals surface area contributed by atoms with Crippen molar-refractivity contribution < 1.29 is 9.18 Å². The predicted octanol–water partition coefficient (Wildman–Crippen LogP) is 4.68. The van der Waals surface area contributed by atoms with Crippen molar-refractivity contribution in [3.63, 3.8) is 0 Å². The Balaban J connectivity index is 2.31. The molecule has 0 radical (unpaired) electrons. The highest BCUT2D eigenvalue weighted by Gasteiger charge is 2.14. The fourth-order valence-electron chi connectivity index (χ4n) is 1.52. The predicted molar refractivity (Wildman–Crippen MR) is 90.6 cm³/mol. The molecule has 104 valence electrons. The number of hydrogen-bond acceptors (Lipinski definition) is 2. The van der Waals surface area contributed by atoms with Crippen LogP contribution in [0.4, 0.5) is 15.8 Å². The molecule has 0 aliphatic carbocycles. The molecule has 0 atom stereocenters. The molecule has 0 aliphatic heterocycles. The van der Waals surface area contributed by atoms with Crippen LogP contribution < -0.4 is 11.1 Å². The van der Waals surface area contributed by atoms with E-state index < -0.39 is 11.7 Å². The van der Waals surface area contributed by atoms with Crippen molar-refractivity contribution in [2.45, 2.75) is 0 Å². The molecule has 2 aromatic carbocycles. The van der Waals surface area contributed by atoms with Crippen molar-refractivity contribution in [3.05, 3.63) is 54.8 Å². The first-order valence-electron chi connectivity index (χ1n) is 5.39. The van der Waals surface area contributed by atoms with E-state index in [-0.39, 0.29) is 11.3 Å². The summed E-state index contributed by atoms with van der Waals surface area (Å²) in [5.74, 6) is -1.01. The number of nitrogens with two attached hydrogens (primary N) is 1. The van der Waals surface area contributed by atoms with Gasteiger partial charge >= 0.3 is 0 Å². The average molecular weight is 469 g/mol. The summed E-state index contributed by atoms with van der Waals surface area (Å²) in [6, 6.07) is 7.67. The molecule has 20 heavy (non-hydrogen) atoms. The molecule has 0 unspecified atom stereocenters. The second-order valence-electron chi connectivity index (χ2n) is 3.93. The van der Waals surface area contributed by atoms with Gasteiger partial charge in [0.1, 0.15) is 5.82 Å². The van der Waals surface area contributed by atoms with Crippen LogP contribution in [0.3, 0.4) is 0 Å². The molecule has 0 aliphatic rings. The summed E-state index contributed by atoms with van der Waals surface area (Å²) in [5, 5.41) is 3.09. The van der Waals surface area contributed by atoms with Crippen molar-refractivity contribution in [3.8, 4) is 0 Å². The quantitative estimate of drug-likeness (QED) is 0.496. The Bertz CT molecular complexity index is 696. The second kappa shape index (κ2) is 6.28. The third kappa shape index (κ3) is 3.42. The summed E-state index contributed by atoms with van der Waals surface area (Å²) in [6.07, 6.45) is 0. The molecule has 0 aromatic heterocycles. The van der Waals surface area contributed by atoms with Crippen LogP contribution in [-0.4, -0.2) is 5.91 Å². The van der Waals surface area contributed by atoms with Crippen molar-refractivity contribution in [2.24, 2.45) is 0 Å². The Morgan fingerprint density at radius 3 is 2.70 bits per heavy atom. The van der Waals surface area contributed by atoms with Gasteiger partial charge in [-0.05, 0) is 68.9 Å². The highest BCUT2D eigenvalue weighted by atomic mass is 127. The van der Waals surface area contributed by atoms with E-state index in [9.17, 15) is 9.18 Å². The molecule has 7 heteroatoms. The summed E-state index contributed by atoms with van der Waals surface area (Å²) in [6.45, 7) is 0. The smallest absolute Gasteiger partial charge is 0.256 e. The Labute approximate surface area is 142 Å². The normalized spacial score (nSPS) is 10.4. The number of nitrogen functional groups attached to an aromatic ring is 1. The minimum Gasteiger partial charge on any atom is -0.396 e. The molecule has 1 amide bonds. The van der Waals surface area contributed by atoms with Gasteiger partial charge in [0.25, 0.3) is 5.91 Å². The van der Waals surface area contributed by atoms with Crippen LogP contribution in [0.25, 0.3) is 0 Å².